The number of allylic oxidation sites excluding steroid dienone is 1. The molecule has 0 amide bonds. The number of ether oxygens (including phenoxy) is 1. The van der Waals surface area contributed by atoms with E-state index in [1.54, 1.807) is 12.7 Å². The van der Waals surface area contributed by atoms with Gasteiger partial charge in [0.2, 0.25) is 0 Å². The zero-order valence-electron chi connectivity index (χ0n) is 12.8. The van der Waals surface area contributed by atoms with Gasteiger partial charge in [0.25, 0.3) is 0 Å². The minimum absolute atomic E-state index is 0.449. The lowest BCUT2D eigenvalue weighted by Crippen LogP contribution is -2.22. The van der Waals surface area contributed by atoms with E-state index >= 15 is 0 Å². The molecule has 0 saturated heterocycles. The van der Waals surface area contributed by atoms with E-state index in [4.69, 9.17) is 4.74 Å². The van der Waals surface area contributed by atoms with Crippen LogP contribution in [-0.4, -0.2) is 13.7 Å². The first-order valence-electron chi connectivity index (χ1n) is 7.88. The van der Waals surface area contributed by atoms with Gasteiger partial charge in [0.1, 0.15) is 5.75 Å². The molecule has 0 fully saturated rings. The highest BCUT2D eigenvalue weighted by molar-refractivity contribution is 5.29. The van der Waals surface area contributed by atoms with Gasteiger partial charge in [-0.25, -0.2) is 0 Å². The molecule has 0 bridgehead atoms. The third-order valence-corrected chi connectivity index (χ3v) is 4.15. The Morgan fingerprint density at radius 3 is 2.60 bits per heavy atom. The van der Waals surface area contributed by atoms with Crippen LogP contribution in [0.25, 0.3) is 0 Å². The predicted octanol–water partition coefficient (Wildman–Crippen LogP) is 4.63. The molecule has 2 nitrogen and oxygen atoms in total. The van der Waals surface area contributed by atoms with Crippen LogP contribution in [0.3, 0.4) is 0 Å². The van der Waals surface area contributed by atoms with Crippen LogP contribution in [0.2, 0.25) is 0 Å². The molecule has 0 heterocycles. The van der Waals surface area contributed by atoms with Gasteiger partial charge in [-0.3, -0.25) is 0 Å². The molecule has 1 atom stereocenters. The highest BCUT2D eigenvalue weighted by Crippen LogP contribution is 2.22. The van der Waals surface area contributed by atoms with Crippen molar-refractivity contribution in [2.45, 2.75) is 51.5 Å². The molecular formula is C18H27NO. The first-order valence-corrected chi connectivity index (χ1v) is 7.88. The van der Waals surface area contributed by atoms with E-state index in [0.29, 0.717) is 6.04 Å². The van der Waals surface area contributed by atoms with E-state index in [-0.39, 0.29) is 0 Å². The van der Waals surface area contributed by atoms with Crippen molar-refractivity contribution >= 4 is 0 Å². The number of hydrogen-bond donors (Lipinski definition) is 1. The van der Waals surface area contributed by atoms with E-state index in [0.717, 1.165) is 18.7 Å². The summed E-state index contributed by atoms with van der Waals surface area (Å²) in [7, 11) is 1.71. The molecule has 0 aromatic heterocycles. The predicted molar refractivity (Wildman–Crippen MR) is 85.2 cm³/mol. The Bertz CT molecular complexity index is 422. The summed E-state index contributed by atoms with van der Waals surface area (Å²) in [6, 6.07) is 8.87. The summed E-state index contributed by atoms with van der Waals surface area (Å²) >= 11 is 0. The molecule has 0 spiro atoms. The zero-order chi connectivity index (χ0) is 14.2. The molecule has 1 unspecified atom stereocenters. The number of rotatable bonds is 7. The lowest BCUT2D eigenvalue weighted by molar-refractivity contribution is 0.414. The van der Waals surface area contributed by atoms with Crippen molar-refractivity contribution in [2.24, 2.45) is 0 Å². The maximum absolute atomic E-state index is 5.22. The summed E-state index contributed by atoms with van der Waals surface area (Å²) in [6.07, 6.45) is 10.1. The highest BCUT2D eigenvalue weighted by Gasteiger charge is 2.09. The summed E-state index contributed by atoms with van der Waals surface area (Å²) < 4.78 is 5.22. The van der Waals surface area contributed by atoms with Gasteiger partial charge in [-0.1, -0.05) is 30.7 Å². The van der Waals surface area contributed by atoms with Crippen LogP contribution in [0.4, 0.5) is 0 Å². The second kappa shape index (κ2) is 8.11. The summed E-state index contributed by atoms with van der Waals surface area (Å²) in [4.78, 5) is 0. The Balaban J connectivity index is 1.83. The van der Waals surface area contributed by atoms with Crippen molar-refractivity contribution in [1.82, 2.24) is 5.32 Å². The smallest absolute Gasteiger partial charge is 0.118 e. The van der Waals surface area contributed by atoms with Crippen LogP contribution < -0.4 is 10.1 Å². The van der Waals surface area contributed by atoms with Gasteiger partial charge in [-0.15, -0.1) is 0 Å². The number of methoxy groups -OCH3 is 1. The highest BCUT2D eigenvalue weighted by atomic mass is 16.5. The van der Waals surface area contributed by atoms with Gasteiger partial charge >= 0.3 is 0 Å². The molecule has 0 radical (unpaired) electrons. The second-order valence-corrected chi connectivity index (χ2v) is 5.55. The molecule has 1 aromatic carbocycles. The fourth-order valence-corrected chi connectivity index (χ4v) is 2.87. The molecule has 2 heteroatoms. The Morgan fingerprint density at radius 1 is 1.20 bits per heavy atom. The molecule has 110 valence electrons. The van der Waals surface area contributed by atoms with Crippen molar-refractivity contribution in [1.29, 1.82) is 0 Å². The Hall–Kier alpha value is -1.28. The van der Waals surface area contributed by atoms with Crippen LogP contribution in [0.1, 0.15) is 57.1 Å². The SMILES string of the molecule is CCC(NCCC1=CCCCC1)c1ccc(OC)cc1. The normalized spacial score (nSPS) is 16.6. The van der Waals surface area contributed by atoms with Crippen LogP contribution in [0.5, 0.6) is 5.75 Å². The Labute approximate surface area is 123 Å². The first-order chi connectivity index (χ1) is 9.83. The van der Waals surface area contributed by atoms with Crippen molar-refractivity contribution in [3.05, 3.63) is 41.5 Å². The maximum Gasteiger partial charge on any atom is 0.118 e. The van der Waals surface area contributed by atoms with E-state index < -0.39 is 0 Å². The standard InChI is InChI=1S/C18H27NO/c1-3-18(16-9-11-17(20-2)12-10-16)19-14-13-15-7-5-4-6-8-15/h7,9-12,18-19H,3-6,8,13-14H2,1-2H3. The third kappa shape index (κ3) is 4.38. The fourth-order valence-electron chi connectivity index (χ4n) is 2.87. The van der Waals surface area contributed by atoms with Gasteiger partial charge in [-0.2, -0.15) is 0 Å². The van der Waals surface area contributed by atoms with E-state index in [1.165, 1.54) is 37.7 Å². The van der Waals surface area contributed by atoms with E-state index in [1.807, 2.05) is 12.1 Å². The average molecular weight is 273 g/mol. The van der Waals surface area contributed by atoms with Gasteiger partial charge < -0.3 is 10.1 Å². The van der Waals surface area contributed by atoms with Crippen molar-refractivity contribution in [2.75, 3.05) is 13.7 Å². The van der Waals surface area contributed by atoms with Crippen molar-refractivity contribution in [3.8, 4) is 5.75 Å². The molecule has 1 N–H and O–H groups in total. The van der Waals surface area contributed by atoms with Crippen LogP contribution in [-0.2, 0) is 0 Å². The Morgan fingerprint density at radius 2 is 2.00 bits per heavy atom. The van der Waals surface area contributed by atoms with Crippen LogP contribution in [0.15, 0.2) is 35.9 Å². The number of benzene rings is 1. The monoisotopic (exact) mass is 273 g/mol. The minimum Gasteiger partial charge on any atom is -0.497 e. The molecule has 20 heavy (non-hydrogen) atoms. The molecule has 0 saturated carbocycles. The van der Waals surface area contributed by atoms with E-state index in [9.17, 15) is 0 Å². The van der Waals surface area contributed by atoms with Gasteiger partial charge in [-0.05, 0) is 62.8 Å². The number of nitrogens with one attached hydrogen (secondary N) is 1. The summed E-state index contributed by atoms with van der Waals surface area (Å²) in [5.74, 6) is 0.927. The van der Waals surface area contributed by atoms with Gasteiger partial charge in [0, 0.05) is 6.04 Å². The topological polar surface area (TPSA) is 21.3 Å². The Kier molecular flexibility index (Phi) is 6.13. The van der Waals surface area contributed by atoms with E-state index in [2.05, 4.69) is 30.4 Å². The molecule has 1 aliphatic rings. The van der Waals surface area contributed by atoms with Crippen molar-refractivity contribution < 1.29 is 4.74 Å². The summed E-state index contributed by atoms with van der Waals surface area (Å²) in [6.45, 7) is 3.32. The maximum atomic E-state index is 5.22. The lowest BCUT2D eigenvalue weighted by atomic mass is 9.97. The second-order valence-electron chi connectivity index (χ2n) is 5.55. The average Bonchev–Trinajstić information content (AvgIpc) is 2.53. The summed E-state index contributed by atoms with van der Waals surface area (Å²) in [5.41, 5.74) is 3.00. The molecule has 1 aromatic rings. The van der Waals surface area contributed by atoms with Crippen molar-refractivity contribution in [3.63, 3.8) is 0 Å². The first kappa shape index (κ1) is 15.1. The quantitative estimate of drug-likeness (QED) is 0.732. The fraction of sp³-hybridized carbons (Fsp3) is 0.556. The zero-order valence-corrected chi connectivity index (χ0v) is 12.8. The largest absolute Gasteiger partial charge is 0.497 e. The molecule has 2 rings (SSSR count). The lowest BCUT2D eigenvalue weighted by Gasteiger charge is -2.19. The van der Waals surface area contributed by atoms with Gasteiger partial charge in [0.05, 0.1) is 7.11 Å². The van der Waals surface area contributed by atoms with Crippen LogP contribution in [0, 0.1) is 0 Å². The number of hydrogen-bond acceptors (Lipinski definition) is 2. The molecular weight excluding hydrogens is 246 g/mol. The third-order valence-electron chi connectivity index (χ3n) is 4.15. The minimum atomic E-state index is 0.449. The van der Waals surface area contributed by atoms with Gasteiger partial charge in [0.15, 0.2) is 0 Å². The summed E-state index contributed by atoms with van der Waals surface area (Å²) in [5, 5.41) is 3.69. The van der Waals surface area contributed by atoms with Crippen LogP contribution >= 0.6 is 0 Å². The molecule has 0 aliphatic heterocycles. The molecule has 1 aliphatic carbocycles.